The largest absolute Gasteiger partial charge is 0.493 e. The van der Waals surface area contributed by atoms with Crippen LogP contribution in [0.4, 0.5) is 10.5 Å². The van der Waals surface area contributed by atoms with E-state index in [1.165, 1.54) is 0 Å². The average molecular weight is 446 g/mol. The van der Waals surface area contributed by atoms with Gasteiger partial charge in [-0.15, -0.1) is 0 Å². The van der Waals surface area contributed by atoms with Gasteiger partial charge in [0.1, 0.15) is 0 Å². The lowest BCUT2D eigenvalue weighted by atomic mass is 9.96. The van der Waals surface area contributed by atoms with Crippen LogP contribution >= 0.6 is 11.6 Å². The number of hydrogen-bond acceptors (Lipinski definition) is 4. The van der Waals surface area contributed by atoms with E-state index in [9.17, 15) is 9.59 Å². The Morgan fingerprint density at radius 2 is 1.71 bits per heavy atom. The molecule has 2 aromatic carbocycles. The molecule has 3 amide bonds. The maximum atomic E-state index is 12.5. The van der Waals surface area contributed by atoms with Gasteiger partial charge in [0.25, 0.3) is 0 Å². The lowest BCUT2D eigenvalue weighted by Gasteiger charge is -2.31. The summed E-state index contributed by atoms with van der Waals surface area (Å²) in [7, 11) is 3.20. The molecule has 1 fully saturated rings. The molecule has 0 aliphatic carbocycles. The van der Waals surface area contributed by atoms with E-state index < -0.39 is 0 Å². The number of carbonyl (C=O) groups excluding carboxylic acids is 2. The zero-order valence-electron chi connectivity index (χ0n) is 17.8. The van der Waals surface area contributed by atoms with E-state index in [-0.39, 0.29) is 17.9 Å². The second-order valence-electron chi connectivity index (χ2n) is 7.43. The van der Waals surface area contributed by atoms with Gasteiger partial charge in [0.05, 0.1) is 14.2 Å². The van der Waals surface area contributed by atoms with Crippen LogP contribution in [0.15, 0.2) is 42.5 Å². The van der Waals surface area contributed by atoms with Crippen molar-refractivity contribution in [1.82, 2.24) is 10.2 Å². The predicted molar refractivity (Wildman–Crippen MR) is 121 cm³/mol. The fraction of sp³-hybridized carbons (Fsp3) is 0.391. The van der Waals surface area contributed by atoms with Crippen molar-refractivity contribution in [1.29, 1.82) is 0 Å². The Balaban J connectivity index is 1.41. The first kappa shape index (κ1) is 22.7. The molecular formula is C23H28ClN3O4. The Labute approximate surface area is 187 Å². The van der Waals surface area contributed by atoms with Crippen molar-refractivity contribution in [2.24, 2.45) is 5.92 Å². The number of likely N-dealkylation sites (tertiary alicyclic amines) is 1. The number of rotatable bonds is 7. The summed E-state index contributed by atoms with van der Waals surface area (Å²) in [5, 5.41) is 6.50. The number of methoxy groups -OCH3 is 2. The third kappa shape index (κ3) is 6.28. The van der Waals surface area contributed by atoms with Crippen LogP contribution in [-0.2, 0) is 11.2 Å². The van der Waals surface area contributed by atoms with E-state index >= 15 is 0 Å². The Hall–Kier alpha value is -2.93. The number of halogens is 1. The molecule has 1 aliphatic rings. The predicted octanol–water partition coefficient (Wildman–Crippen LogP) is 3.96. The van der Waals surface area contributed by atoms with E-state index in [0.717, 1.165) is 5.56 Å². The van der Waals surface area contributed by atoms with Gasteiger partial charge in [-0.2, -0.15) is 0 Å². The molecule has 2 N–H and O–H groups in total. The molecule has 1 heterocycles. The van der Waals surface area contributed by atoms with Crippen LogP contribution in [0.25, 0.3) is 0 Å². The first-order valence-electron chi connectivity index (χ1n) is 10.3. The number of ether oxygens (including phenoxy) is 2. The van der Waals surface area contributed by atoms with Crippen molar-refractivity contribution >= 4 is 29.2 Å². The quantitative estimate of drug-likeness (QED) is 0.676. The summed E-state index contributed by atoms with van der Waals surface area (Å²) in [5.41, 5.74) is 1.76. The topological polar surface area (TPSA) is 79.9 Å². The highest BCUT2D eigenvalue weighted by Gasteiger charge is 2.27. The van der Waals surface area contributed by atoms with E-state index in [1.54, 1.807) is 43.4 Å². The summed E-state index contributed by atoms with van der Waals surface area (Å²) in [6.45, 7) is 1.64. The molecule has 1 aliphatic heterocycles. The van der Waals surface area contributed by atoms with Crippen molar-refractivity contribution in [2.45, 2.75) is 19.3 Å². The number of anilines is 1. The highest BCUT2D eigenvalue weighted by Crippen LogP contribution is 2.27. The number of nitrogens with one attached hydrogen (secondary N) is 2. The van der Waals surface area contributed by atoms with Gasteiger partial charge in [-0.1, -0.05) is 17.7 Å². The Morgan fingerprint density at radius 3 is 2.35 bits per heavy atom. The maximum Gasteiger partial charge on any atom is 0.321 e. The minimum absolute atomic E-state index is 0.0400. The summed E-state index contributed by atoms with van der Waals surface area (Å²) in [6.07, 6.45) is 2.00. The molecule has 0 radical (unpaired) electrons. The number of carbonyl (C=O) groups is 2. The van der Waals surface area contributed by atoms with Crippen LogP contribution in [-0.4, -0.2) is 50.7 Å². The van der Waals surface area contributed by atoms with Gasteiger partial charge < -0.3 is 25.0 Å². The number of hydrogen-bond donors (Lipinski definition) is 2. The van der Waals surface area contributed by atoms with Crippen molar-refractivity contribution in [3.05, 3.63) is 53.1 Å². The SMILES string of the molecule is COc1ccc(CCNC(=O)C2CCN(C(=O)Nc3ccc(Cl)cc3)CC2)cc1OC. The normalized spacial score (nSPS) is 14.1. The summed E-state index contributed by atoms with van der Waals surface area (Å²) in [4.78, 5) is 26.7. The van der Waals surface area contributed by atoms with Gasteiger partial charge in [-0.25, -0.2) is 4.79 Å². The van der Waals surface area contributed by atoms with E-state index in [1.807, 2.05) is 18.2 Å². The van der Waals surface area contributed by atoms with Gasteiger partial charge in [-0.3, -0.25) is 4.79 Å². The third-order valence-electron chi connectivity index (χ3n) is 5.41. The number of urea groups is 1. The zero-order valence-corrected chi connectivity index (χ0v) is 18.6. The Morgan fingerprint density at radius 1 is 1.03 bits per heavy atom. The first-order chi connectivity index (χ1) is 15.0. The minimum atomic E-state index is -0.158. The number of benzene rings is 2. The number of piperidine rings is 1. The molecule has 7 nitrogen and oxygen atoms in total. The molecular weight excluding hydrogens is 418 g/mol. The molecule has 0 saturated carbocycles. The Kier molecular flexibility index (Phi) is 8.00. The van der Waals surface area contributed by atoms with E-state index in [2.05, 4.69) is 10.6 Å². The van der Waals surface area contributed by atoms with Crippen LogP contribution in [0.2, 0.25) is 5.02 Å². The molecule has 2 aromatic rings. The van der Waals surface area contributed by atoms with Crippen molar-refractivity contribution in [2.75, 3.05) is 39.2 Å². The smallest absolute Gasteiger partial charge is 0.321 e. The number of nitrogens with zero attached hydrogens (tertiary/aromatic N) is 1. The highest BCUT2D eigenvalue weighted by molar-refractivity contribution is 6.30. The van der Waals surface area contributed by atoms with Crippen LogP contribution < -0.4 is 20.1 Å². The van der Waals surface area contributed by atoms with Crippen LogP contribution in [0.1, 0.15) is 18.4 Å². The minimum Gasteiger partial charge on any atom is -0.493 e. The first-order valence-corrected chi connectivity index (χ1v) is 10.7. The molecule has 8 heteroatoms. The molecule has 0 atom stereocenters. The van der Waals surface area contributed by atoms with Gasteiger partial charge in [0, 0.05) is 36.3 Å². The second kappa shape index (κ2) is 10.9. The summed E-state index contributed by atoms with van der Waals surface area (Å²) < 4.78 is 10.6. The number of amides is 3. The molecule has 166 valence electrons. The van der Waals surface area contributed by atoms with Crippen molar-refractivity contribution < 1.29 is 19.1 Å². The highest BCUT2D eigenvalue weighted by atomic mass is 35.5. The molecule has 0 aromatic heterocycles. The molecule has 0 spiro atoms. The third-order valence-corrected chi connectivity index (χ3v) is 5.66. The maximum absolute atomic E-state index is 12.5. The summed E-state index contributed by atoms with van der Waals surface area (Å²) >= 11 is 5.87. The molecule has 0 bridgehead atoms. The van der Waals surface area contributed by atoms with Gasteiger partial charge in [-0.05, 0) is 61.2 Å². The molecule has 0 unspecified atom stereocenters. The van der Waals surface area contributed by atoms with Crippen molar-refractivity contribution in [3.8, 4) is 11.5 Å². The lowest BCUT2D eigenvalue weighted by molar-refractivity contribution is -0.126. The standard InChI is InChI=1S/C23H28ClN3O4/c1-30-20-8-3-16(15-21(20)31-2)9-12-25-22(28)17-10-13-27(14-11-17)23(29)26-19-6-4-18(24)5-7-19/h3-8,15,17H,9-14H2,1-2H3,(H,25,28)(H,26,29). The molecule has 31 heavy (non-hydrogen) atoms. The van der Waals surface area contributed by atoms with E-state index in [4.69, 9.17) is 21.1 Å². The summed E-state index contributed by atoms with van der Waals surface area (Å²) in [5.74, 6) is 1.32. The fourth-order valence-corrected chi connectivity index (χ4v) is 3.72. The fourth-order valence-electron chi connectivity index (χ4n) is 3.59. The summed E-state index contributed by atoms with van der Waals surface area (Å²) in [6, 6.07) is 12.6. The Bertz CT molecular complexity index is 896. The molecule has 3 rings (SSSR count). The van der Waals surface area contributed by atoms with Crippen molar-refractivity contribution in [3.63, 3.8) is 0 Å². The van der Waals surface area contributed by atoms with Crippen LogP contribution in [0.3, 0.4) is 0 Å². The van der Waals surface area contributed by atoms with Crippen LogP contribution in [0, 0.1) is 5.92 Å². The monoisotopic (exact) mass is 445 g/mol. The zero-order chi connectivity index (χ0) is 22.2. The van der Waals surface area contributed by atoms with Gasteiger partial charge in [0.2, 0.25) is 5.91 Å². The van der Waals surface area contributed by atoms with E-state index in [0.29, 0.717) is 61.1 Å². The average Bonchev–Trinajstić information content (AvgIpc) is 2.80. The van der Waals surface area contributed by atoms with Crippen LogP contribution in [0.5, 0.6) is 11.5 Å². The molecule has 1 saturated heterocycles. The van der Waals surface area contributed by atoms with Gasteiger partial charge >= 0.3 is 6.03 Å². The van der Waals surface area contributed by atoms with Gasteiger partial charge in [0.15, 0.2) is 11.5 Å². The second-order valence-corrected chi connectivity index (χ2v) is 7.87. The lowest BCUT2D eigenvalue weighted by Crippen LogP contribution is -2.44.